The zero-order valence-corrected chi connectivity index (χ0v) is 7.45. The monoisotopic (exact) mass is 179 g/mol. The molecule has 1 rings (SSSR count). The third-order valence-electron chi connectivity index (χ3n) is 1.58. The fourth-order valence-electron chi connectivity index (χ4n) is 0.986. The summed E-state index contributed by atoms with van der Waals surface area (Å²) in [5.74, 6) is -0.311. The lowest BCUT2D eigenvalue weighted by Gasteiger charge is -2.00. The lowest BCUT2D eigenvalue weighted by Crippen LogP contribution is -2.07. The molecule has 0 aliphatic carbocycles. The molecule has 0 N–H and O–H groups in total. The van der Waals surface area contributed by atoms with Crippen molar-refractivity contribution < 1.29 is 14.6 Å². The maximum atomic E-state index is 11.0. The van der Waals surface area contributed by atoms with Crippen molar-refractivity contribution in [3.05, 3.63) is 29.8 Å². The molecule has 0 bridgehead atoms. The maximum Gasteiger partial charge on any atom is 0.310 e. The highest BCUT2D eigenvalue weighted by atomic mass is 16.5. The molecule has 1 aromatic carbocycles. The van der Waals surface area contributed by atoms with E-state index in [1.807, 2.05) is 0 Å². The molecule has 0 saturated carbocycles. The molecule has 3 heteroatoms. The molecule has 0 saturated heterocycles. The van der Waals surface area contributed by atoms with Gasteiger partial charge in [0, 0.05) is 0 Å². The Kier molecular flexibility index (Phi) is 3.31. The highest BCUT2D eigenvalue weighted by Crippen LogP contribution is 2.10. The van der Waals surface area contributed by atoms with Gasteiger partial charge >= 0.3 is 5.97 Å². The standard InChI is InChI=1S/C10H11O3/c1-2-13-10(12)7-8-3-5-9(11)6-4-8/h3-6H,2,7H2,1H3. The fourth-order valence-corrected chi connectivity index (χ4v) is 0.986. The van der Waals surface area contributed by atoms with Crippen LogP contribution in [0.25, 0.3) is 0 Å². The average Bonchev–Trinajstić information content (AvgIpc) is 2.09. The SMILES string of the molecule is CCOC(=O)Cc1ccc([O])cc1. The molecule has 13 heavy (non-hydrogen) atoms. The van der Waals surface area contributed by atoms with Crippen LogP contribution in [0, 0.1) is 0 Å². The normalized spacial score (nSPS) is 9.62. The van der Waals surface area contributed by atoms with Crippen molar-refractivity contribution in [2.24, 2.45) is 0 Å². The molecular weight excluding hydrogens is 168 g/mol. The Bertz CT molecular complexity index is 277. The second-order valence-electron chi connectivity index (χ2n) is 2.63. The van der Waals surface area contributed by atoms with Crippen LogP contribution in [0.4, 0.5) is 0 Å². The highest BCUT2D eigenvalue weighted by Gasteiger charge is 2.03. The van der Waals surface area contributed by atoms with Crippen LogP contribution >= 0.6 is 0 Å². The zero-order valence-electron chi connectivity index (χ0n) is 7.45. The van der Waals surface area contributed by atoms with Gasteiger partial charge in [-0.2, -0.15) is 0 Å². The van der Waals surface area contributed by atoms with Crippen LogP contribution in [-0.4, -0.2) is 12.6 Å². The van der Waals surface area contributed by atoms with Crippen LogP contribution in [0.2, 0.25) is 0 Å². The summed E-state index contributed by atoms with van der Waals surface area (Å²) in [5.41, 5.74) is 0.804. The smallest absolute Gasteiger partial charge is 0.310 e. The van der Waals surface area contributed by atoms with Gasteiger partial charge in [-0.25, -0.2) is 0 Å². The number of esters is 1. The summed E-state index contributed by atoms with van der Waals surface area (Å²) in [6, 6.07) is 6.15. The van der Waals surface area contributed by atoms with Gasteiger partial charge in [-0.1, -0.05) is 12.1 Å². The van der Waals surface area contributed by atoms with E-state index in [1.165, 1.54) is 12.1 Å². The molecular formula is C10H11O3. The minimum Gasteiger partial charge on any atom is -0.466 e. The molecule has 3 nitrogen and oxygen atoms in total. The van der Waals surface area contributed by atoms with Crippen molar-refractivity contribution in [1.82, 2.24) is 0 Å². The minimum atomic E-state index is -0.263. The first-order valence-corrected chi connectivity index (χ1v) is 4.14. The minimum absolute atomic E-state index is 0.0485. The number of ether oxygens (including phenoxy) is 1. The molecule has 0 unspecified atom stereocenters. The summed E-state index contributed by atoms with van der Waals surface area (Å²) >= 11 is 0. The molecule has 0 aliphatic heterocycles. The first-order valence-electron chi connectivity index (χ1n) is 4.14. The second kappa shape index (κ2) is 4.50. The summed E-state index contributed by atoms with van der Waals surface area (Å²) in [5, 5.41) is 10.7. The van der Waals surface area contributed by atoms with E-state index in [0.717, 1.165) is 5.56 Å². The number of hydrogen-bond donors (Lipinski definition) is 0. The van der Waals surface area contributed by atoms with Gasteiger partial charge in [0.05, 0.1) is 13.0 Å². The van der Waals surface area contributed by atoms with Crippen molar-refractivity contribution >= 4 is 5.97 Å². The molecule has 0 amide bonds. The fraction of sp³-hybridized carbons (Fsp3) is 0.300. The summed E-state index contributed by atoms with van der Waals surface area (Å²) < 4.78 is 4.76. The van der Waals surface area contributed by atoms with E-state index in [2.05, 4.69) is 0 Å². The molecule has 0 spiro atoms. The third kappa shape index (κ3) is 3.15. The quantitative estimate of drug-likeness (QED) is 0.665. The van der Waals surface area contributed by atoms with Gasteiger partial charge in [-0.15, -0.1) is 0 Å². The molecule has 1 aromatic rings. The van der Waals surface area contributed by atoms with Crippen LogP contribution in [-0.2, 0) is 21.1 Å². The van der Waals surface area contributed by atoms with Gasteiger partial charge in [-0.05, 0) is 24.6 Å². The van der Waals surface area contributed by atoms with Crippen LogP contribution in [0.15, 0.2) is 24.3 Å². The van der Waals surface area contributed by atoms with E-state index < -0.39 is 0 Å². The molecule has 0 fully saturated rings. The molecule has 0 aromatic heterocycles. The Morgan fingerprint density at radius 2 is 1.92 bits per heavy atom. The van der Waals surface area contributed by atoms with Crippen molar-refractivity contribution in [3.8, 4) is 5.75 Å². The molecule has 69 valence electrons. The Hall–Kier alpha value is -1.51. The van der Waals surface area contributed by atoms with Crippen LogP contribution in [0.5, 0.6) is 5.75 Å². The average molecular weight is 179 g/mol. The number of carbonyl (C=O) groups is 1. The number of rotatable bonds is 3. The number of hydrogen-bond acceptors (Lipinski definition) is 2. The Balaban J connectivity index is 2.54. The first kappa shape index (κ1) is 9.58. The van der Waals surface area contributed by atoms with E-state index >= 15 is 0 Å². The highest BCUT2D eigenvalue weighted by molar-refractivity contribution is 5.72. The first-order chi connectivity index (χ1) is 6.22. The summed E-state index contributed by atoms with van der Waals surface area (Å²) in [4.78, 5) is 11.0. The number of carbonyl (C=O) groups excluding carboxylic acids is 1. The van der Waals surface area contributed by atoms with Crippen LogP contribution in [0.1, 0.15) is 12.5 Å². The molecule has 1 radical (unpaired) electrons. The van der Waals surface area contributed by atoms with Crippen molar-refractivity contribution in [1.29, 1.82) is 0 Å². The van der Waals surface area contributed by atoms with E-state index in [4.69, 9.17) is 4.74 Å². The van der Waals surface area contributed by atoms with E-state index in [-0.39, 0.29) is 18.1 Å². The van der Waals surface area contributed by atoms with Gasteiger partial charge in [0.2, 0.25) is 0 Å². The van der Waals surface area contributed by atoms with Gasteiger partial charge in [-0.3, -0.25) is 9.90 Å². The van der Waals surface area contributed by atoms with E-state index in [0.29, 0.717) is 6.61 Å². The van der Waals surface area contributed by atoms with Gasteiger partial charge in [0.25, 0.3) is 0 Å². The third-order valence-corrected chi connectivity index (χ3v) is 1.58. The summed E-state index contributed by atoms with van der Waals surface area (Å²) in [6.07, 6.45) is 0.230. The van der Waals surface area contributed by atoms with Crippen LogP contribution < -0.4 is 0 Å². The Morgan fingerprint density at radius 1 is 1.31 bits per heavy atom. The predicted molar refractivity (Wildman–Crippen MR) is 46.9 cm³/mol. The molecule has 0 heterocycles. The van der Waals surface area contributed by atoms with Gasteiger partial charge in [0.1, 0.15) is 0 Å². The second-order valence-corrected chi connectivity index (χ2v) is 2.63. The van der Waals surface area contributed by atoms with Crippen LogP contribution in [0.3, 0.4) is 0 Å². The lowest BCUT2D eigenvalue weighted by atomic mass is 10.1. The number of benzene rings is 1. The predicted octanol–water partition coefficient (Wildman–Crippen LogP) is 1.94. The topological polar surface area (TPSA) is 46.2 Å². The van der Waals surface area contributed by atoms with E-state index in [9.17, 15) is 9.90 Å². The van der Waals surface area contributed by atoms with Crippen molar-refractivity contribution in [3.63, 3.8) is 0 Å². The zero-order chi connectivity index (χ0) is 9.68. The molecule has 0 aliphatic rings. The van der Waals surface area contributed by atoms with Gasteiger partial charge in [0.15, 0.2) is 5.75 Å². The maximum absolute atomic E-state index is 11.0. The Morgan fingerprint density at radius 3 is 2.46 bits per heavy atom. The Labute approximate surface area is 77.0 Å². The summed E-state index contributed by atoms with van der Waals surface area (Å²) in [6.45, 7) is 2.15. The summed E-state index contributed by atoms with van der Waals surface area (Å²) in [7, 11) is 0. The van der Waals surface area contributed by atoms with E-state index in [1.54, 1.807) is 19.1 Å². The van der Waals surface area contributed by atoms with Gasteiger partial charge < -0.3 is 4.74 Å². The largest absolute Gasteiger partial charge is 0.466 e. The lowest BCUT2D eigenvalue weighted by molar-refractivity contribution is -0.142. The van der Waals surface area contributed by atoms with Crippen molar-refractivity contribution in [2.45, 2.75) is 13.3 Å². The van der Waals surface area contributed by atoms with Crippen molar-refractivity contribution in [2.75, 3.05) is 6.61 Å². The molecule has 0 atom stereocenters.